The number of allylic oxidation sites excluding steroid dienone is 1. The molecule has 0 amide bonds. The maximum atomic E-state index is 12.4. The van der Waals surface area contributed by atoms with Crippen LogP contribution in [-0.2, 0) is 18.3 Å². The molecule has 0 spiro atoms. The van der Waals surface area contributed by atoms with Crippen LogP contribution in [0.4, 0.5) is 0 Å². The summed E-state index contributed by atoms with van der Waals surface area (Å²) in [5.74, 6) is 1.98. The van der Waals surface area contributed by atoms with Gasteiger partial charge < -0.3 is 24.3 Å². The standard InChI is InChI=1S/C27H31N5O3/c1-6-16-10-19(16)14-32-22(12-17-8-9-20(15(3)28)29-25(17)32)26-30-21-11-18(27(33)35-7-2)13-23(34-5)24(21)31(26)4/h6,8-9,11-13,15-16,19H,1,7,10,14,28H2,2-5H3/t15-,16-,19-/m1/s1. The summed E-state index contributed by atoms with van der Waals surface area (Å²) in [6.45, 7) is 8.82. The van der Waals surface area contributed by atoms with Crippen LogP contribution in [0.5, 0.6) is 5.75 Å². The van der Waals surface area contributed by atoms with Crippen molar-refractivity contribution < 1.29 is 14.3 Å². The molecule has 1 saturated carbocycles. The molecule has 3 heterocycles. The van der Waals surface area contributed by atoms with Gasteiger partial charge in [-0.1, -0.05) is 6.08 Å². The molecule has 35 heavy (non-hydrogen) atoms. The van der Waals surface area contributed by atoms with Crippen molar-refractivity contribution in [2.45, 2.75) is 32.9 Å². The predicted molar refractivity (Wildman–Crippen MR) is 136 cm³/mol. The summed E-state index contributed by atoms with van der Waals surface area (Å²) in [4.78, 5) is 22.3. The molecule has 8 nitrogen and oxygen atoms in total. The van der Waals surface area contributed by atoms with Crippen molar-refractivity contribution in [2.24, 2.45) is 24.6 Å². The molecule has 8 heteroatoms. The second-order valence-electron chi connectivity index (χ2n) is 9.23. The van der Waals surface area contributed by atoms with Gasteiger partial charge in [0.05, 0.1) is 36.2 Å². The van der Waals surface area contributed by atoms with Gasteiger partial charge in [-0.2, -0.15) is 0 Å². The van der Waals surface area contributed by atoms with Crippen LogP contribution in [0.2, 0.25) is 0 Å². The topological polar surface area (TPSA) is 97.2 Å². The lowest BCUT2D eigenvalue weighted by Gasteiger charge is -2.12. The fraction of sp³-hybridized carbons (Fsp3) is 0.370. The lowest BCUT2D eigenvalue weighted by Crippen LogP contribution is -2.10. The average Bonchev–Trinajstić information content (AvgIpc) is 3.40. The van der Waals surface area contributed by atoms with Crippen molar-refractivity contribution in [3.8, 4) is 17.3 Å². The molecule has 0 radical (unpaired) electrons. The molecular weight excluding hydrogens is 442 g/mol. The van der Waals surface area contributed by atoms with E-state index in [0.29, 0.717) is 35.3 Å². The Labute approximate surface area is 204 Å². The normalized spacial score (nSPS) is 18.1. The summed E-state index contributed by atoms with van der Waals surface area (Å²) >= 11 is 0. The smallest absolute Gasteiger partial charge is 0.338 e. The molecule has 0 bridgehead atoms. The summed E-state index contributed by atoms with van der Waals surface area (Å²) in [6.07, 6.45) is 3.16. The average molecular weight is 474 g/mol. The van der Waals surface area contributed by atoms with Crippen LogP contribution in [0.25, 0.3) is 33.6 Å². The summed E-state index contributed by atoms with van der Waals surface area (Å²) in [7, 11) is 3.55. The highest BCUT2D eigenvalue weighted by atomic mass is 16.5. The van der Waals surface area contributed by atoms with Gasteiger partial charge in [-0.15, -0.1) is 6.58 Å². The number of hydrogen-bond donors (Lipinski definition) is 1. The number of pyridine rings is 1. The number of carbonyl (C=O) groups is 1. The van der Waals surface area contributed by atoms with Crippen LogP contribution < -0.4 is 10.5 Å². The SMILES string of the molecule is C=C[C@@H]1C[C@@H]1Cn1c(-c2nc3cc(C(=O)OCC)cc(OC)c3n2C)cc2ccc([C@@H](C)N)nc21. The van der Waals surface area contributed by atoms with E-state index in [1.807, 2.05) is 30.7 Å². The molecule has 0 unspecified atom stereocenters. The fourth-order valence-electron chi connectivity index (χ4n) is 4.80. The highest BCUT2D eigenvalue weighted by Gasteiger charge is 2.35. The number of carbonyl (C=O) groups excluding carboxylic acids is 1. The Morgan fingerprint density at radius 3 is 2.77 bits per heavy atom. The largest absolute Gasteiger partial charge is 0.494 e. The zero-order chi connectivity index (χ0) is 24.9. The Balaban J connectivity index is 1.70. The van der Waals surface area contributed by atoms with E-state index in [1.54, 1.807) is 26.2 Å². The minimum Gasteiger partial charge on any atom is -0.494 e. The number of ether oxygens (including phenoxy) is 2. The van der Waals surface area contributed by atoms with Gasteiger partial charge in [0.25, 0.3) is 0 Å². The van der Waals surface area contributed by atoms with Crippen molar-refractivity contribution >= 4 is 28.0 Å². The molecule has 3 atom stereocenters. The Bertz CT molecular complexity index is 1450. The Morgan fingerprint density at radius 1 is 1.31 bits per heavy atom. The maximum absolute atomic E-state index is 12.4. The van der Waals surface area contributed by atoms with Crippen molar-refractivity contribution in [2.75, 3.05) is 13.7 Å². The monoisotopic (exact) mass is 473 g/mol. The van der Waals surface area contributed by atoms with Crippen LogP contribution in [0.15, 0.2) is 43.0 Å². The van der Waals surface area contributed by atoms with Crippen LogP contribution in [0.1, 0.15) is 42.4 Å². The van der Waals surface area contributed by atoms with Crippen molar-refractivity contribution in [3.05, 3.63) is 54.2 Å². The number of nitrogens with zero attached hydrogens (tertiary/aromatic N) is 4. The van der Waals surface area contributed by atoms with E-state index in [4.69, 9.17) is 25.2 Å². The third kappa shape index (κ3) is 3.97. The lowest BCUT2D eigenvalue weighted by atomic mass is 10.2. The zero-order valence-corrected chi connectivity index (χ0v) is 20.6. The van der Waals surface area contributed by atoms with E-state index in [2.05, 4.69) is 23.3 Å². The minimum absolute atomic E-state index is 0.158. The lowest BCUT2D eigenvalue weighted by molar-refractivity contribution is 0.0526. The van der Waals surface area contributed by atoms with Crippen molar-refractivity contribution in [1.29, 1.82) is 0 Å². The number of methoxy groups -OCH3 is 1. The quantitative estimate of drug-likeness (QED) is 0.296. The van der Waals surface area contributed by atoms with Crippen molar-refractivity contribution in [1.82, 2.24) is 19.1 Å². The first-order valence-corrected chi connectivity index (χ1v) is 12.0. The van der Waals surface area contributed by atoms with E-state index in [9.17, 15) is 4.79 Å². The second-order valence-corrected chi connectivity index (χ2v) is 9.23. The number of imidazole rings is 1. The van der Waals surface area contributed by atoms with Crippen LogP contribution >= 0.6 is 0 Å². The molecule has 2 N–H and O–H groups in total. The fourth-order valence-corrected chi connectivity index (χ4v) is 4.80. The first kappa shape index (κ1) is 23.1. The first-order valence-electron chi connectivity index (χ1n) is 12.0. The molecule has 4 aromatic rings. The van der Waals surface area contributed by atoms with Gasteiger partial charge in [0.1, 0.15) is 16.9 Å². The van der Waals surface area contributed by atoms with Crippen LogP contribution in [0.3, 0.4) is 0 Å². The van der Waals surface area contributed by atoms with E-state index < -0.39 is 5.97 Å². The number of nitrogens with two attached hydrogens (primary N) is 1. The number of esters is 1. The number of hydrogen-bond acceptors (Lipinski definition) is 6. The summed E-state index contributed by atoms with van der Waals surface area (Å²) in [5, 5.41) is 1.03. The number of fused-ring (bicyclic) bond motifs is 2. The molecule has 1 fully saturated rings. The van der Waals surface area contributed by atoms with Gasteiger partial charge in [-0.05, 0) is 62.4 Å². The molecule has 1 aromatic carbocycles. The summed E-state index contributed by atoms with van der Waals surface area (Å²) < 4.78 is 15.1. The Morgan fingerprint density at radius 2 is 2.11 bits per heavy atom. The van der Waals surface area contributed by atoms with Gasteiger partial charge in [0.15, 0.2) is 5.82 Å². The number of rotatable bonds is 8. The molecule has 182 valence electrons. The highest BCUT2D eigenvalue weighted by Crippen LogP contribution is 2.43. The molecule has 1 aliphatic rings. The van der Waals surface area contributed by atoms with E-state index >= 15 is 0 Å². The summed E-state index contributed by atoms with van der Waals surface area (Å²) in [6, 6.07) is 9.48. The molecule has 5 rings (SSSR count). The van der Waals surface area contributed by atoms with Gasteiger partial charge in [-0.25, -0.2) is 14.8 Å². The molecule has 3 aromatic heterocycles. The van der Waals surface area contributed by atoms with E-state index in [1.165, 1.54) is 0 Å². The molecule has 0 saturated heterocycles. The third-order valence-corrected chi connectivity index (χ3v) is 6.82. The van der Waals surface area contributed by atoms with Crippen LogP contribution in [0, 0.1) is 11.8 Å². The van der Waals surface area contributed by atoms with Gasteiger partial charge in [0.2, 0.25) is 0 Å². The predicted octanol–water partition coefficient (Wildman–Crippen LogP) is 4.62. The van der Waals surface area contributed by atoms with Gasteiger partial charge in [0, 0.05) is 25.0 Å². The van der Waals surface area contributed by atoms with Gasteiger partial charge >= 0.3 is 5.97 Å². The second kappa shape index (κ2) is 8.85. The number of aromatic nitrogens is 4. The highest BCUT2D eigenvalue weighted by molar-refractivity contribution is 5.97. The van der Waals surface area contributed by atoms with E-state index in [0.717, 1.165) is 46.7 Å². The molecular formula is C27H31N5O3. The van der Waals surface area contributed by atoms with E-state index in [-0.39, 0.29) is 6.04 Å². The Kier molecular flexibility index (Phi) is 5.84. The molecule has 0 aliphatic heterocycles. The summed E-state index contributed by atoms with van der Waals surface area (Å²) in [5.41, 5.74) is 10.7. The molecule has 1 aliphatic carbocycles. The number of aryl methyl sites for hydroxylation is 1. The Hall–Kier alpha value is -3.65. The van der Waals surface area contributed by atoms with Crippen molar-refractivity contribution in [3.63, 3.8) is 0 Å². The minimum atomic E-state index is -0.397. The zero-order valence-electron chi connectivity index (χ0n) is 20.6. The van der Waals surface area contributed by atoms with Crippen LogP contribution in [-0.4, -0.2) is 38.8 Å². The first-order chi connectivity index (χ1) is 16.9. The number of benzene rings is 1. The van der Waals surface area contributed by atoms with Gasteiger partial charge in [-0.3, -0.25) is 0 Å². The third-order valence-electron chi connectivity index (χ3n) is 6.82. The maximum Gasteiger partial charge on any atom is 0.338 e.